The van der Waals surface area contributed by atoms with Crippen molar-refractivity contribution >= 4 is 0 Å². The van der Waals surface area contributed by atoms with Gasteiger partial charge in [0.25, 0.3) is 0 Å². The maximum Gasteiger partial charge on any atom is 0.118 e. The molecule has 0 aliphatic heterocycles. The van der Waals surface area contributed by atoms with Crippen LogP contribution in [0.5, 0.6) is 5.75 Å². The Kier molecular flexibility index (Phi) is 3.31. The first-order valence-electron chi connectivity index (χ1n) is 5.67. The van der Waals surface area contributed by atoms with E-state index in [0.717, 1.165) is 17.7 Å². The predicted molar refractivity (Wildman–Crippen MR) is 69.9 cm³/mol. The molecule has 2 rings (SSSR count). The average Bonchev–Trinajstić information content (AvgIpc) is 2.34. The van der Waals surface area contributed by atoms with Gasteiger partial charge in [0.2, 0.25) is 0 Å². The van der Waals surface area contributed by atoms with Gasteiger partial charge in [0.05, 0.1) is 12.6 Å². The van der Waals surface area contributed by atoms with Gasteiger partial charge in [-0.1, -0.05) is 36.4 Å². The zero-order chi connectivity index (χ0) is 12.3. The molecule has 1 aromatic rings. The van der Waals surface area contributed by atoms with Crippen molar-refractivity contribution in [3.63, 3.8) is 0 Å². The molecule has 0 radical (unpaired) electrons. The minimum absolute atomic E-state index is 0.144. The highest BCUT2D eigenvalue weighted by Gasteiger charge is 2.29. The SMILES string of the molecule is COc1ccc(CC2(N)C=CC=CC2N)cc1. The third-order valence-corrected chi connectivity index (χ3v) is 3.13. The van der Waals surface area contributed by atoms with Gasteiger partial charge >= 0.3 is 0 Å². The van der Waals surface area contributed by atoms with E-state index in [9.17, 15) is 0 Å². The Labute approximate surface area is 102 Å². The van der Waals surface area contributed by atoms with Crippen LogP contribution in [0.15, 0.2) is 48.6 Å². The highest BCUT2D eigenvalue weighted by atomic mass is 16.5. The second kappa shape index (κ2) is 4.73. The fourth-order valence-electron chi connectivity index (χ4n) is 1.98. The van der Waals surface area contributed by atoms with Crippen LogP contribution in [0.2, 0.25) is 0 Å². The number of hydrogen-bond donors (Lipinski definition) is 2. The largest absolute Gasteiger partial charge is 0.497 e. The van der Waals surface area contributed by atoms with Gasteiger partial charge in [-0.25, -0.2) is 0 Å². The summed E-state index contributed by atoms with van der Waals surface area (Å²) < 4.78 is 5.12. The molecule has 0 bridgehead atoms. The van der Waals surface area contributed by atoms with Gasteiger partial charge < -0.3 is 16.2 Å². The first kappa shape index (κ1) is 11.9. The second-order valence-corrected chi connectivity index (χ2v) is 4.41. The lowest BCUT2D eigenvalue weighted by Crippen LogP contribution is -2.55. The molecule has 2 unspecified atom stereocenters. The molecule has 3 nitrogen and oxygen atoms in total. The van der Waals surface area contributed by atoms with Crippen molar-refractivity contribution in [2.45, 2.75) is 18.0 Å². The topological polar surface area (TPSA) is 61.3 Å². The summed E-state index contributed by atoms with van der Waals surface area (Å²) in [6.07, 6.45) is 8.51. The van der Waals surface area contributed by atoms with Gasteiger partial charge in [0, 0.05) is 6.04 Å². The third kappa shape index (κ3) is 2.57. The Hall–Kier alpha value is -1.58. The van der Waals surface area contributed by atoms with Crippen LogP contribution in [-0.4, -0.2) is 18.7 Å². The number of benzene rings is 1. The van der Waals surface area contributed by atoms with Crippen LogP contribution in [0.25, 0.3) is 0 Å². The van der Waals surface area contributed by atoms with Gasteiger partial charge in [-0.2, -0.15) is 0 Å². The number of allylic oxidation sites excluding steroid dienone is 2. The van der Waals surface area contributed by atoms with Crippen LogP contribution in [0, 0.1) is 0 Å². The molecule has 90 valence electrons. The molecule has 1 aliphatic carbocycles. The van der Waals surface area contributed by atoms with Crippen molar-refractivity contribution < 1.29 is 4.74 Å². The molecule has 0 saturated carbocycles. The van der Waals surface area contributed by atoms with Crippen molar-refractivity contribution in [3.05, 3.63) is 54.1 Å². The minimum atomic E-state index is -0.497. The maximum absolute atomic E-state index is 6.31. The van der Waals surface area contributed by atoms with E-state index >= 15 is 0 Å². The van der Waals surface area contributed by atoms with Gasteiger partial charge in [-0.05, 0) is 24.1 Å². The van der Waals surface area contributed by atoms with Gasteiger partial charge in [0.1, 0.15) is 5.75 Å². The quantitative estimate of drug-likeness (QED) is 0.825. The van der Waals surface area contributed by atoms with E-state index in [0.29, 0.717) is 0 Å². The van der Waals surface area contributed by atoms with Gasteiger partial charge in [-0.3, -0.25) is 0 Å². The lowest BCUT2D eigenvalue weighted by atomic mass is 9.82. The minimum Gasteiger partial charge on any atom is -0.497 e. The molecule has 0 saturated heterocycles. The number of rotatable bonds is 3. The normalized spacial score (nSPS) is 27.1. The second-order valence-electron chi connectivity index (χ2n) is 4.41. The zero-order valence-electron chi connectivity index (χ0n) is 9.97. The maximum atomic E-state index is 6.31. The van der Waals surface area contributed by atoms with Gasteiger partial charge in [-0.15, -0.1) is 0 Å². The van der Waals surface area contributed by atoms with Gasteiger partial charge in [0.15, 0.2) is 0 Å². The molecule has 0 spiro atoms. The molecule has 1 aromatic carbocycles. The first-order valence-corrected chi connectivity index (χ1v) is 5.67. The molecule has 0 aromatic heterocycles. The van der Waals surface area contributed by atoms with Crippen LogP contribution in [0.4, 0.5) is 0 Å². The summed E-state index contributed by atoms with van der Waals surface area (Å²) in [6.45, 7) is 0. The van der Waals surface area contributed by atoms with E-state index in [1.807, 2.05) is 48.6 Å². The highest BCUT2D eigenvalue weighted by Crippen LogP contribution is 2.21. The third-order valence-electron chi connectivity index (χ3n) is 3.13. The summed E-state index contributed by atoms with van der Waals surface area (Å²) in [5.74, 6) is 0.850. The highest BCUT2D eigenvalue weighted by molar-refractivity contribution is 5.33. The first-order chi connectivity index (χ1) is 8.14. The van der Waals surface area contributed by atoms with E-state index < -0.39 is 5.54 Å². The zero-order valence-corrected chi connectivity index (χ0v) is 9.97. The van der Waals surface area contributed by atoms with Crippen LogP contribution in [0.1, 0.15) is 5.56 Å². The van der Waals surface area contributed by atoms with E-state index in [4.69, 9.17) is 16.2 Å². The Balaban J connectivity index is 2.14. The lowest BCUT2D eigenvalue weighted by molar-refractivity contribution is 0.414. The standard InChI is InChI=1S/C14H18N2O/c1-17-12-7-5-11(6-8-12)10-14(16)9-3-2-4-13(14)15/h2-9,13H,10,15-16H2,1H3. The smallest absolute Gasteiger partial charge is 0.118 e. The Morgan fingerprint density at radius 3 is 2.53 bits per heavy atom. The summed E-state index contributed by atoms with van der Waals surface area (Å²) in [6, 6.07) is 7.77. The van der Waals surface area contributed by atoms with E-state index in [1.54, 1.807) is 7.11 Å². The lowest BCUT2D eigenvalue weighted by Gasteiger charge is -2.32. The summed E-state index contributed by atoms with van der Waals surface area (Å²) in [4.78, 5) is 0. The van der Waals surface area contributed by atoms with Crippen LogP contribution < -0.4 is 16.2 Å². The van der Waals surface area contributed by atoms with Crippen LogP contribution >= 0.6 is 0 Å². The molecule has 4 N–H and O–H groups in total. The number of nitrogens with two attached hydrogens (primary N) is 2. The molecule has 1 aliphatic rings. The molecule has 2 atom stereocenters. The average molecular weight is 230 g/mol. The molecule has 0 amide bonds. The Morgan fingerprint density at radius 1 is 1.24 bits per heavy atom. The van der Waals surface area contributed by atoms with E-state index in [1.165, 1.54) is 0 Å². The number of ether oxygens (including phenoxy) is 1. The number of methoxy groups -OCH3 is 1. The van der Waals surface area contributed by atoms with Crippen molar-refractivity contribution in [1.29, 1.82) is 0 Å². The summed E-state index contributed by atoms with van der Waals surface area (Å²) >= 11 is 0. The molecule has 0 heterocycles. The predicted octanol–water partition coefficient (Wildman–Crippen LogP) is 1.39. The van der Waals surface area contributed by atoms with Crippen molar-refractivity contribution in [3.8, 4) is 5.75 Å². The summed E-state index contributed by atoms with van der Waals surface area (Å²) in [7, 11) is 1.66. The molecule has 17 heavy (non-hydrogen) atoms. The Morgan fingerprint density at radius 2 is 1.94 bits per heavy atom. The van der Waals surface area contributed by atoms with Crippen molar-refractivity contribution in [2.24, 2.45) is 11.5 Å². The molecular formula is C14H18N2O. The molecular weight excluding hydrogens is 212 g/mol. The van der Waals surface area contributed by atoms with Crippen molar-refractivity contribution in [2.75, 3.05) is 7.11 Å². The van der Waals surface area contributed by atoms with E-state index in [-0.39, 0.29) is 6.04 Å². The molecule has 3 heteroatoms. The van der Waals surface area contributed by atoms with E-state index in [2.05, 4.69) is 0 Å². The Bertz CT molecular complexity index is 436. The fraction of sp³-hybridized carbons (Fsp3) is 0.286. The molecule has 0 fully saturated rings. The monoisotopic (exact) mass is 230 g/mol. The van der Waals surface area contributed by atoms with Crippen molar-refractivity contribution in [1.82, 2.24) is 0 Å². The summed E-state index contributed by atoms with van der Waals surface area (Å²) in [5, 5.41) is 0. The van der Waals surface area contributed by atoms with Crippen LogP contribution in [0.3, 0.4) is 0 Å². The fourth-order valence-corrected chi connectivity index (χ4v) is 1.98. The van der Waals surface area contributed by atoms with Crippen LogP contribution in [-0.2, 0) is 6.42 Å². The number of hydrogen-bond acceptors (Lipinski definition) is 3. The summed E-state index contributed by atoms with van der Waals surface area (Å²) in [5.41, 5.74) is 13.0.